The highest BCUT2D eigenvalue weighted by atomic mass is 35.5. The van der Waals surface area contributed by atoms with Crippen LogP contribution in [0.1, 0.15) is 22.3 Å². The second-order valence-corrected chi connectivity index (χ2v) is 9.39. The van der Waals surface area contributed by atoms with Crippen LogP contribution in [-0.2, 0) is 0 Å². The summed E-state index contributed by atoms with van der Waals surface area (Å²) < 4.78 is 0. The molecule has 4 aromatic rings. The molecule has 0 aromatic heterocycles. The highest BCUT2D eigenvalue weighted by Gasteiger charge is 2.12. The van der Waals surface area contributed by atoms with Crippen LogP contribution in [0.4, 0.5) is 17.1 Å². The van der Waals surface area contributed by atoms with Crippen LogP contribution in [0, 0.1) is 13.8 Å². The zero-order valence-corrected chi connectivity index (χ0v) is 21.1. The first-order valence-electron chi connectivity index (χ1n) is 12.0. The third-order valence-corrected chi connectivity index (χ3v) is 6.28. The summed E-state index contributed by atoms with van der Waals surface area (Å²) in [6.07, 6.45) is 8.41. The zero-order valence-electron chi connectivity index (χ0n) is 20.4. The molecule has 0 unspecified atom stereocenters. The lowest BCUT2D eigenvalue weighted by Crippen LogP contribution is -1.98. The van der Waals surface area contributed by atoms with Crippen molar-refractivity contribution in [3.05, 3.63) is 154 Å². The van der Waals surface area contributed by atoms with Crippen molar-refractivity contribution in [2.24, 2.45) is 4.99 Å². The molecule has 0 saturated carbocycles. The van der Waals surface area contributed by atoms with E-state index >= 15 is 0 Å². The van der Waals surface area contributed by atoms with E-state index in [2.05, 4.69) is 116 Å². The van der Waals surface area contributed by atoms with Gasteiger partial charge in [-0.25, -0.2) is 4.99 Å². The van der Waals surface area contributed by atoms with Crippen LogP contribution in [0.2, 0.25) is 5.02 Å². The summed E-state index contributed by atoms with van der Waals surface area (Å²) in [6.45, 7) is 4.18. The van der Waals surface area contributed by atoms with Crippen molar-refractivity contribution in [1.29, 1.82) is 0 Å². The SMILES string of the molecule is Cc1cccc(N=C2C=CC(=C(c3ccc(Cl)cc3)c3ccc(Nc4cccc(C)c4)cc3)C=C2)c1. The molecule has 0 radical (unpaired) electrons. The molecule has 176 valence electrons. The number of rotatable bonds is 5. The van der Waals surface area contributed by atoms with Gasteiger partial charge in [0.2, 0.25) is 0 Å². The zero-order chi connectivity index (χ0) is 24.9. The number of hydrogen-bond donors (Lipinski definition) is 1. The molecule has 2 nitrogen and oxygen atoms in total. The van der Waals surface area contributed by atoms with E-state index in [4.69, 9.17) is 16.6 Å². The van der Waals surface area contributed by atoms with Gasteiger partial charge in [0, 0.05) is 16.4 Å². The van der Waals surface area contributed by atoms with Crippen molar-refractivity contribution in [1.82, 2.24) is 0 Å². The second-order valence-electron chi connectivity index (χ2n) is 8.95. The number of halogens is 1. The Morgan fingerprint density at radius 1 is 0.639 bits per heavy atom. The van der Waals surface area contributed by atoms with E-state index in [0.717, 1.165) is 50.1 Å². The van der Waals surface area contributed by atoms with Gasteiger partial charge in [0.1, 0.15) is 0 Å². The standard InChI is InChI=1S/C33H27ClN2/c1-23-5-3-7-31(21-23)35-29-17-11-26(12-18-29)33(25-9-15-28(34)16-10-25)27-13-19-30(20-14-27)36-32-8-4-6-24(2)22-32/h3-22,35H,1-2H3. The molecule has 1 aliphatic carbocycles. The van der Waals surface area contributed by atoms with Crippen molar-refractivity contribution in [3.8, 4) is 0 Å². The first-order chi connectivity index (χ1) is 17.5. The Balaban J connectivity index is 1.48. The molecule has 1 aliphatic rings. The summed E-state index contributed by atoms with van der Waals surface area (Å²) in [5.41, 5.74) is 11.0. The second kappa shape index (κ2) is 10.6. The van der Waals surface area contributed by atoms with Crippen LogP contribution in [0.25, 0.3) is 5.57 Å². The molecule has 0 aliphatic heterocycles. The first-order valence-corrected chi connectivity index (χ1v) is 12.4. The normalized spacial score (nSPS) is 12.5. The van der Waals surface area contributed by atoms with Gasteiger partial charge in [0.05, 0.1) is 11.4 Å². The minimum Gasteiger partial charge on any atom is -0.356 e. The van der Waals surface area contributed by atoms with Crippen molar-refractivity contribution in [2.75, 3.05) is 5.32 Å². The lowest BCUT2D eigenvalue weighted by Gasteiger charge is -2.15. The maximum absolute atomic E-state index is 6.20. The van der Waals surface area contributed by atoms with Gasteiger partial charge in [-0.05, 0) is 108 Å². The molecule has 0 amide bonds. The van der Waals surface area contributed by atoms with Crippen LogP contribution in [0.3, 0.4) is 0 Å². The third kappa shape index (κ3) is 5.73. The molecule has 0 bridgehead atoms. The molecule has 0 heterocycles. The van der Waals surface area contributed by atoms with Crippen LogP contribution >= 0.6 is 11.6 Å². The number of nitrogens with one attached hydrogen (secondary N) is 1. The van der Waals surface area contributed by atoms with Gasteiger partial charge in [-0.3, -0.25) is 0 Å². The van der Waals surface area contributed by atoms with Crippen molar-refractivity contribution in [3.63, 3.8) is 0 Å². The van der Waals surface area contributed by atoms with Crippen molar-refractivity contribution in [2.45, 2.75) is 13.8 Å². The summed E-state index contributed by atoms with van der Waals surface area (Å²) in [4.78, 5) is 4.78. The summed E-state index contributed by atoms with van der Waals surface area (Å²) >= 11 is 6.20. The van der Waals surface area contributed by atoms with Gasteiger partial charge >= 0.3 is 0 Å². The maximum Gasteiger partial charge on any atom is 0.0639 e. The fourth-order valence-corrected chi connectivity index (χ4v) is 4.40. The summed E-state index contributed by atoms with van der Waals surface area (Å²) in [5.74, 6) is 0. The Labute approximate surface area is 218 Å². The van der Waals surface area contributed by atoms with Crippen LogP contribution in [0.15, 0.2) is 132 Å². The Kier molecular flexibility index (Phi) is 6.97. The van der Waals surface area contributed by atoms with Crippen LogP contribution in [-0.4, -0.2) is 5.71 Å². The van der Waals surface area contributed by atoms with Gasteiger partial charge in [-0.1, -0.05) is 72.3 Å². The summed E-state index contributed by atoms with van der Waals surface area (Å²) in [7, 11) is 0. The fourth-order valence-electron chi connectivity index (χ4n) is 4.28. The minimum absolute atomic E-state index is 0.725. The van der Waals surface area contributed by atoms with E-state index in [0.29, 0.717) is 0 Å². The molecule has 3 heteroatoms. The summed E-state index contributed by atoms with van der Waals surface area (Å²) in [6, 6.07) is 33.2. The monoisotopic (exact) mass is 486 g/mol. The molecule has 0 saturated heterocycles. The van der Waals surface area contributed by atoms with Gasteiger partial charge in [0.15, 0.2) is 0 Å². The van der Waals surface area contributed by atoms with E-state index < -0.39 is 0 Å². The molecule has 0 spiro atoms. The molecule has 1 N–H and O–H groups in total. The van der Waals surface area contributed by atoms with Crippen molar-refractivity contribution >= 4 is 39.9 Å². The van der Waals surface area contributed by atoms with E-state index in [1.807, 2.05) is 24.3 Å². The van der Waals surface area contributed by atoms with Gasteiger partial charge < -0.3 is 5.32 Å². The van der Waals surface area contributed by atoms with Gasteiger partial charge in [-0.2, -0.15) is 0 Å². The number of allylic oxidation sites excluding steroid dienone is 5. The Hall–Kier alpha value is -4.14. The average molecular weight is 487 g/mol. The largest absolute Gasteiger partial charge is 0.356 e. The number of anilines is 2. The first kappa shape index (κ1) is 23.6. The lowest BCUT2D eigenvalue weighted by atomic mass is 9.90. The molecular weight excluding hydrogens is 460 g/mol. The van der Waals surface area contributed by atoms with E-state index in [-0.39, 0.29) is 0 Å². The number of aryl methyl sites for hydroxylation is 2. The molecule has 0 fully saturated rings. The quantitative estimate of drug-likeness (QED) is 0.298. The molecule has 5 rings (SSSR count). The minimum atomic E-state index is 0.725. The number of benzene rings is 4. The fraction of sp³-hybridized carbons (Fsp3) is 0.0606. The number of hydrogen-bond acceptors (Lipinski definition) is 2. The Morgan fingerprint density at radius 3 is 1.89 bits per heavy atom. The molecule has 4 aromatic carbocycles. The maximum atomic E-state index is 6.20. The highest BCUT2D eigenvalue weighted by Crippen LogP contribution is 2.32. The smallest absolute Gasteiger partial charge is 0.0639 e. The average Bonchev–Trinajstić information content (AvgIpc) is 2.87. The molecule has 0 atom stereocenters. The lowest BCUT2D eigenvalue weighted by molar-refractivity contribution is 1.42. The Morgan fingerprint density at radius 2 is 1.25 bits per heavy atom. The van der Waals surface area contributed by atoms with E-state index in [1.54, 1.807) is 0 Å². The van der Waals surface area contributed by atoms with Gasteiger partial charge in [-0.15, -0.1) is 0 Å². The third-order valence-electron chi connectivity index (χ3n) is 6.03. The Bertz CT molecular complexity index is 1490. The number of aliphatic imine (C=N–C) groups is 1. The van der Waals surface area contributed by atoms with Gasteiger partial charge in [0.25, 0.3) is 0 Å². The highest BCUT2D eigenvalue weighted by molar-refractivity contribution is 6.30. The topological polar surface area (TPSA) is 24.4 Å². The van der Waals surface area contributed by atoms with Crippen molar-refractivity contribution < 1.29 is 0 Å². The predicted molar refractivity (Wildman–Crippen MR) is 155 cm³/mol. The molecule has 36 heavy (non-hydrogen) atoms. The van der Waals surface area contributed by atoms with Crippen LogP contribution in [0.5, 0.6) is 0 Å². The van der Waals surface area contributed by atoms with E-state index in [9.17, 15) is 0 Å². The predicted octanol–water partition coefficient (Wildman–Crippen LogP) is 9.40. The number of nitrogens with zero attached hydrogens (tertiary/aromatic N) is 1. The van der Waals surface area contributed by atoms with Crippen LogP contribution < -0.4 is 5.32 Å². The summed E-state index contributed by atoms with van der Waals surface area (Å²) in [5, 5.41) is 4.22. The van der Waals surface area contributed by atoms with E-state index in [1.165, 1.54) is 11.1 Å². The molecular formula is C33H27ClN2.